The van der Waals surface area contributed by atoms with Crippen LogP contribution in [0.2, 0.25) is 0 Å². The van der Waals surface area contributed by atoms with Crippen LogP contribution in [0.1, 0.15) is 25.1 Å². The van der Waals surface area contributed by atoms with Crippen molar-refractivity contribution >= 4 is 15.9 Å². The number of hydrogen-bond acceptors (Lipinski definition) is 4. The number of hydrogen-bond donors (Lipinski definition) is 1. The molecule has 0 bridgehead atoms. The molecule has 2 atom stereocenters. The summed E-state index contributed by atoms with van der Waals surface area (Å²) in [4.78, 5) is 6.87. The molecule has 1 aliphatic rings. The predicted molar refractivity (Wildman–Crippen MR) is 80.2 cm³/mol. The van der Waals surface area contributed by atoms with Crippen molar-refractivity contribution in [3.05, 3.63) is 28.5 Å². The first-order valence-electron chi connectivity index (χ1n) is 6.86. The lowest BCUT2D eigenvalue weighted by Gasteiger charge is -2.38. The van der Waals surface area contributed by atoms with Gasteiger partial charge in [0.2, 0.25) is 0 Å². The van der Waals surface area contributed by atoms with Gasteiger partial charge >= 0.3 is 0 Å². The highest BCUT2D eigenvalue weighted by Gasteiger charge is 2.32. The van der Waals surface area contributed by atoms with Crippen LogP contribution in [0, 0.1) is 0 Å². The summed E-state index contributed by atoms with van der Waals surface area (Å²) < 4.78 is 6.95. The summed E-state index contributed by atoms with van der Waals surface area (Å²) in [6.45, 7) is 5.83. The van der Waals surface area contributed by atoms with Crippen molar-refractivity contribution in [3.8, 4) is 0 Å². The summed E-state index contributed by atoms with van der Waals surface area (Å²) in [5.74, 6) is 0. The molecule has 19 heavy (non-hydrogen) atoms. The Hall–Kier alpha value is -0.490. The Kier molecular flexibility index (Phi) is 5.76. The molecule has 0 radical (unpaired) electrons. The molecule has 4 nitrogen and oxygen atoms in total. The van der Waals surface area contributed by atoms with Gasteiger partial charge in [-0.05, 0) is 48.1 Å². The molecule has 106 valence electrons. The van der Waals surface area contributed by atoms with E-state index in [-0.39, 0.29) is 12.1 Å². The van der Waals surface area contributed by atoms with Crippen molar-refractivity contribution < 1.29 is 4.74 Å². The molecule has 0 spiro atoms. The van der Waals surface area contributed by atoms with Gasteiger partial charge in [0.1, 0.15) is 0 Å². The number of pyridine rings is 1. The van der Waals surface area contributed by atoms with Crippen molar-refractivity contribution in [1.29, 1.82) is 0 Å². The zero-order chi connectivity index (χ0) is 13.7. The van der Waals surface area contributed by atoms with Gasteiger partial charge in [-0.1, -0.05) is 6.92 Å². The van der Waals surface area contributed by atoms with Crippen LogP contribution in [-0.2, 0) is 4.74 Å². The third kappa shape index (κ3) is 3.99. The lowest BCUT2D eigenvalue weighted by Crippen LogP contribution is -2.47. The van der Waals surface area contributed by atoms with E-state index in [1.54, 1.807) is 0 Å². The quantitative estimate of drug-likeness (QED) is 0.841. The minimum Gasteiger partial charge on any atom is -0.374 e. The van der Waals surface area contributed by atoms with E-state index < -0.39 is 0 Å². The van der Waals surface area contributed by atoms with Gasteiger partial charge in [0.25, 0.3) is 0 Å². The van der Waals surface area contributed by atoms with Crippen LogP contribution >= 0.6 is 15.9 Å². The standard InChI is InChI=1S/C14H22BrN3O/c1-3-6-16-10-13-14(18(2)7-8-19-13)12-5-4-11(15)9-17-12/h4-5,9,13-14,16H,3,6-8,10H2,1-2H3. The summed E-state index contributed by atoms with van der Waals surface area (Å²) in [5.41, 5.74) is 1.08. The van der Waals surface area contributed by atoms with Crippen LogP contribution in [0.3, 0.4) is 0 Å². The fraction of sp³-hybridized carbons (Fsp3) is 0.643. The molecule has 0 amide bonds. The fourth-order valence-electron chi connectivity index (χ4n) is 2.43. The van der Waals surface area contributed by atoms with E-state index in [0.717, 1.165) is 42.8 Å². The fourth-order valence-corrected chi connectivity index (χ4v) is 2.67. The van der Waals surface area contributed by atoms with E-state index in [1.165, 1.54) is 0 Å². The minimum atomic E-state index is 0.166. The lowest BCUT2D eigenvalue weighted by molar-refractivity contribution is -0.0626. The maximum Gasteiger partial charge on any atom is 0.0911 e. The average molecular weight is 328 g/mol. The highest BCUT2D eigenvalue weighted by Crippen LogP contribution is 2.27. The molecule has 5 heteroatoms. The molecule has 2 unspecified atom stereocenters. The molecule has 1 aliphatic heterocycles. The average Bonchev–Trinajstić information content (AvgIpc) is 2.41. The maximum absolute atomic E-state index is 5.94. The molecular weight excluding hydrogens is 306 g/mol. The summed E-state index contributed by atoms with van der Waals surface area (Å²) in [6, 6.07) is 4.35. The van der Waals surface area contributed by atoms with Crippen LogP contribution in [0.4, 0.5) is 0 Å². The number of nitrogens with one attached hydrogen (secondary N) is 1. The Morgan fingerprint density at radius 1 is 1.53 bits per heavy atom. The molecule has 1 N–H and O–H groups in total. The van der Waals surface area contributed by atoms with Crippen LogP contribution in [0.25, 0.3) is 0 Å². The van der Waals surface area contributed by atoms with Gasteiger partial charge in [-0.15, -0.1) is 0 Å². The summed E-state index contributed by atoms with van der Waals surface area (Å²) in [7, 11) is 2.14. The normalized spacial score (nSPS) is 24.6. The van der Waals surface area contributed by atoms with Crippen molar-refractivity contribution in [2.75, 3.05) is 33.3 Å². The van der Waals surface area contributed by atoms with Crippen molar-refractivity contribution in [2.24, 2.45) is 0 Å². The van der Waals surface area contributed by atoms with Crippen molar-refractivity contribution in [3.63, 3.8) is 0 Å². The van der Waals surface area contributed by atoms with E-state index in [2.05, 4.69) is 51.2 Å². The number of ether oxygens (including phenoxy) is 1. The van der Waals surface area contributed by atoms with E-state index in [9.17, 15) is 0 Å². The highest BCUT2D eigenvalue weighted by atomic mass is 79.9. The highest BCUT2D eigenvalue weighted by molar-refractivity contribution is 9.10. The topological polar surface area (TPSA) is 37.4 Å². The molecule has 1 aromatic rings. The molecule has 2 heterocycles. The Bertz CT molecular complexity index is 385. The van der Waals surface area contributed by atoms with Gasteiger partial charge in [-0.2, -0.15) is 0 Å². The van der Waals surface area contributed by atoms with E-state index in [4.69, 9.17) is 4.74 Å². The number of nitrogens with zero attached hydrogens (tertiary/aromatic N) is 2. The Balaban J connectivity index is 2.09. The molecule has 1 saturated heterocycles. The van der Waals surface area contributed by atoms with Crippen LogP contribution in [0.15, 0.2) is 22.8 Å². The first-order chi connectivity index (χ1) is 9.22. The first kappa shape index (κ1) is 14.9. The van der Waals surface area contributed by atoms with Crippen LogP contribution < -0.4 is 5.32 Å². The number of rotatable bonds is 5. The number of halogens is 1. The molecule has 0 saturated carbocycles. The second-order valence-electron chi connectivity index (χ2n) is 4.94. The van der Waals surface area contributed by atoms with Crippen LogP contribution in [0.5, 0.6) is 0 Å². The van der Waals surface area contributed by atoms with Gasteiger partial charge in [-0.3, -0.25) is 9.88 Å². The third-order valence-electron chi connectivity index (χ3n) is 3.43. The maximum atomic E-state index is 5.94. The molecule has 1 fully saturated rings. The Morgan fingerprint density at radius 3 is 3.05 bits per heavy atom. The number of aromatic nitrogens is 1. The smallest absolute Gasteiger partial charge is 0.0911 e. The second-order valence-corrected chi connectivity index (χ2v) is 5.86. The molecule has 0 aliphatic carbocycles. The predicted octanol–water partition coefficient (Wildman–Crippen LogP) is 2.22. The van der Waals surface area contributed by atoms with Crippen molar-refractivity contribution in [1.82, 2.24) is 15.2 Å². The zero-order valence-electron chi connectivity index (χ0n) is 11.6. The zero-order valence-corrected chi connectivity index (χ0v) is 13.2. The Morgan fingerprint density at radius 2 is 2.37 bits per heavy atom. The monoisotopic (exact) mass is 327 g/mol. The summed E-state index contributed by atoms with van der Waals surface area (Å²) >= 11 is 3.43. The van der Waals surface area contributed by atoms with Crippen molar-refractivity contribution in [2.45, 2.75) is 25.5 Å². The minimum absolute atomic E-state index is 0.166. The summed E-state index contributed by atoms with van der Waals surface area (Å²) in [5, 5.41) is 3.45. The van der Waals surface area contributed by atoms with Crippen LogP contribution in [-0.4, -0.2) is 49.3 Å². The lowest BCUT2D eigenvalue weighted by atomic mass is 10.0. The van der Waals surface area contributed by atoms with E-state index in [1.807, 2.05) is 12.3 Å². The van der Waals surface area contributed by atoms with Gasteiger partial charge in [0.15, 0.2) is 0 Å². The SMILES string of the molecule is CCCNCC1OCCN(C)C1c1ccc(Br)cn1. The molecule has 0 aromatic carbocycles. The van der Waals surface area contributed by atoms with Gasteiger partial charge in [0.05, 0.1) is 24.4 Å². The first-order valence-corrected chi connectivity index (χ1v) is 7.65. The molecular formula is C14H22BrN3O. The van der Waals surface area contributed by atoms with E-state index >= 15 is 0 Å². The van der Waals surface area contributed by atoms with Gasteiger partial charge < -0.3 is 10.1 Å². The molecule has 1 aromatic heterocycles. The van der Waals surface area contributed by atoms with Gasteiger partial charge in [-0.25, -0.2) is 0 Å². The van der Waals surface area contributed by atoms with E-state index in [0.29, 0.717) is 0 Å². The number of morpholine rings is 1. The Labute approximate surface area is 123 Å². The third-order valence-corrected chi connectivity index (χ3v) is 3.90. The molecule has 2 rings (SSSR count). The second kappa shape index (κ2) is 7.33. The summed E-state index contributed by atoms with van der Waals surface area (Å²) in [6.07, 6.45) is 3.16. The number of likely N-dealkylation sites (N-methyl/N-ethyl adjacent to an activating group) is 1. The largest absolute Gasteiger partial charge is 0.374 e. The van der Waals surface area contributed by atoms with Gasteiger partial charge in [0, 0.05) is 23.8 Å².